The van der Waals surface area contributed by atoms with Crippen LogP contribution in [0.5, 0.6) is 0 Å². The summed E-state index contributed by atoms with van der Waals surface area (Å²) >= 11 is 0. The molecular weight excluding hydrogens is 411 g/mol. The number of ether oxygens (including phenoxy) is 1. The van der Waals surface area contributed by atoms with E-state index in [0.29, 0.717) is 13.2 Å². The van der Waals surface area contributed by atoms with E-state index in [1.165, 1.54) is 12.8 Å². The first-order valence-corrected chi connectivity index (χ1v) is 10.5. The molecule has 0 bridgehead atoms. The number of morpholine rings is 1. The van der Waals surface area contributed by atoms with E-state index in [0.717, 1.165) is 69.5 Å². The molecular formula is C21H34Cl2N4O2. The lowest BCUT2D eigenvalue weighted by Gasteiger charge is -2.41. The number of carbonyl (C=O) groups is 1. The number of nitrogens with one attached hydrogen (secondary N) is 1. The van der Waals surface area contributed by atoms with E-state index >= 15 is 0 Å². The van der Waals surface area contributed by atoms with Crippen molar-refractivity contribution in [1.82, 2.24) is 20.1 Å². The smallest absolute Gasteiger partial charge is 0.244 e. The molecule has 0 saturated carbocycles. The highest BCUT2D eigenvalue weighted by Gasteiger charge is 2.35. The Morgan fingerprint density at radius 2 is 1.69 bits per heavy atom. The van der Waals surface area contributed by atoms with E-state index in [1.807, 2.05) is 18.3 Å². The van der Waals surface area contributed by atoms with Crippen molar-refractivity contribution < 1.29 is 9.53 Å². The van der Waals surface area contributed by atoms with Gasteiger partial charge in [-0.15, -0.1) is 24.8 Å². The topological polar surface area (TPSA) is 57.7 Å². The highest BCUT2D eigenvalue weighted by molar-refractivity contribution is 5.85. The second kappa shape index (κ2) is 12.1. The lowest BCUT2D eigenvalue weighted by atomic mass is 9.79. The summed E-state index contributed by atoms with van der Waals surface area (Å²) in [7, 11) is 0. The number of carbonyl (C=O) groups excluding carboxylic acids is 1. The molecule has 3 fully saturated rings. The van der Waals surface area contributed by atoms with Gasteiger partial charge in [0.05, 0.1) is 13.2 Å². The first-order valence-electron chi connectivity index (χ1n) is 10.5. The number of nitrogens with zero attached hydrogens (tertiary/aromatic N) is 3. The van der Waals surface area contributed by atoms with Crippen molar-refractivity contribution in [3.63, 3.8) is 0 Å². The zero-order valence-electron chi connectivity index (χ0n) is 17.0. The number of aromatic nitrogens is 1. The molecule has 6 nitrogen and oxygen atoms in total. The average molecular weight is 445 g/mol. The van der Waals surface area contributed by atoms with E-state index in [4.69, 9.17) is 4.74 Å². The molecule has 0 aromatic carbocycles. The van der Waals surface area contributed by atoms with Crippen molar-refractivity contribution in [3.8, 4) is 0 Å². The van der Waals surface area contributed by atoms with Crippen LogP contribution in [0.15, 0.2) is 24.5 Å². The quantitative estimate of drug-likeness (QED) is 0.772. The third-order valence-electron chi connectivity index (χ3n) is 6.55. The second-order valence-electron chi connectivity index (χ2n) is 8.09. The number of rotatable bonds is 4. The zero-order chi connectivity index (χ0) is 18.5. The van der Waals surface area contributed by atoms with Gasteiger partial charge in [0.25, 0.3) is 0 Å². The Hall–Kier alpha value is -0.920. The predicted octanol–water partition coefficient (Wildman–Crippen LogP) is 2.54. The SMILES string of the molecule is Cl.Cl.O=C(C(c1cccnc1)N1CCOCC1)N1CCC(C2CCNCC2)CC1. The predicted molar refractivity (Wildman–Crippen MR) is 119 cm³/mol. The fraction of sp³-hybridized carbons (Fsp3) is 0.714. The number of hydrogen-bond donors (Lipinski definition) is 1. The van der Waals surface area contributed by atoms with Gasteiger partial charge in [-0.3, -0.25) is 14.7 Å². The minimum atomic E-state index is -0.224. The van der Waals surface area contributed by atoms with Crippen molar-refractivity contribution in [1.29, 1.82) is 0 Å². The Labute approximate surface area is 186 Å². The van der Waals surface area contributed by atoms with Crippen LogP contribution in [0.25, 0.3) is 0 Å². The van der Waals surface area contributed by atoms with Gasteiger partial charge < -0.3 is 15.0 Å². The monoisotopic (exact) mass is 444 g/mol. The summed E-state index contributed by atoms with van der Waals surface area (Å²) in [5.41, 5.74) is 1.00. The molecule has 0 radical (unpaired) electrons. The van der Waals surface area contributed by atoms with Gasteiger partial charge in [0, 0.05) is 38.6 Å². The van der Waals surface area contributed by atoms with Crippen LogP contribution >= 0.6 is 24.8 Å². The van der Waals surface area contributed by atoms with E-state index in [1.54, 1.807) is 6.20 Å². The lowest BCUT2D eigenvalue weighted by Crippen LogP contribution is -2.49. The fourth-order valence-corrected chi connectivity index (χ4v) is 4.96. The molecule has 4 heterocycles. The third kappa shape index (κ3) is 6.05. The molecule has 3 aliphatic rings. The summed E-state index contributed by atoms with van der Waals surface area (Å²) in [5, 5.41) is 3.46. The molecule has 8 heteroatoms. The molecule has 4 rings (SSSR count). The molecule has 0 aliphatic carbocycles. The summed E-state index contributed by atoms with van der Waals surface area (Å²) in [5.74, 6) is 1.88. The van der Waals surface area contributed by atoms with Crippen molar-refractivity contribution in [2.75, 3.05) is 52.5 Å². The van der Waals surface area contributed by atoms with E-state index in [-0.39, 0.29) is 36.8 Å². The lowest BCUT2D eigenvalue weighted by molar-refractivity contribution is -0.141. The number of halogens is 2. The molecule has 1 amide bonds. The Balaban J connectivity index is 0.00000150. The Bertz CT molecular complexity index is 602. The Kier molecular flexibility index (Phi) is 10.1. The van der Waals surface area contributed by atoms with E-state index in [9.17, 15) is 4.79 Å². The van der Waals surface area contributed by atoms with E-state index < -0.39 is 0 Å². The molecule has 3 aliphatic heterocycles. The number of pyridine rings is 1. The van der Waals surface area contributed by atoms with Crippen LogP contribution in [0.4, 0.5) is 0 Å². The molecule has 1 unspecified atom stereocenters. The number of hydrogen-bond acceptors (Lipinski definition) is 5. The summed E-state index contributed by atoms with van der Waals surface area (Å²) in [4.78, 5) is 22.1. The highest BCUT2D eigenvalue weighted by Crippen LogP contribution is 2.32. The molecule has 164 valence electrons. The van der Waals surface area contributed by atoms with Gasteiger partial charge in [-0.25, -0.2) is 0 Å². The fourth-order valence-electron chi connectivity index (χ4n) is 4.96. The Morgan fingerprint density at radius 3 is 2.31 bits per heavy atom. The number of likely N-dealkylation sites (tertiary alicyclic amines) is 1. The van der Waals surface area contributed by atoms with Crippen LogP contribution in [0, 0.1) is 11.8 Å². The van der Waals surface area contributed by atoms with Crippen LogP contribution in [-0.2, 0) is 9.53 Å². The molecule has 3 saturated heterocycles. The van der Waals surface area contributed by atoms with E-state index in [2.05, 4.69) is 20.1 Å². The molecule has 1 aromatic rings. The summed E-state index contributed by atoms with van der Waals surface area (Å²) in [6, 6.07) is 3.74. The molecule has 1 atom stereocenters. The van der Waals surface area contributed by atoms with Crippen LogP contribution in [0.1, 0.15) is 37.3 Å². The van der Waals surface area contributed by atoms with Gasteiger partial charge in [-0.05, 0) is 62.2 Å². The average Bonchev–Trinajstić information content (AvgIpc) is 2.76. The Morgan fingerprint density at radius 1 is 1.03 bits per heavy atom. The minimum Gasteiger partial charge on any atom is -0.379 e. The maximum Gasteiger partial charge on any atom is 0.244 e. The van der Waals surface area contributed by atoms with Gasteiger partial charge in [0.2, 0.25) is 5.91 Å². The maximum atomic E-state index is 13.5. The zero-order valence-corrected chi connectivity index (χ0v) is 18.6. The summed E-state index contributed by atoms with van der Waals surface area (Å²) in [6.07, 6.45) is 8.52. The number of piperidine rings is 2. The molecule has 1 N–H and O–H groups in total. The van der Waals surface area contributed by atoms with Gasteiger partial charge in [0.15, 0.2) is 0 Å². The van der Waals surface area contributed by atoms with Crippen molar-refractivity contribution in [2.24, 2.45) is 11.8 Å². The standard InChI is InChI=1S/C21H32N4O2.2ClH/c26-21(25-10-5-18(6-11-25)17-3-8-22-9-4-17)20(19-2-1-7-23-16-19)24-12-14-27-15-13-24;;/h1-2,7,16-18,20,22H,3-6,8-15H2;2*1H. The summed E-state index contributed by atoms with van der Waals surface area (Å²) < 4.78 is 5.50. The van der Waals surface area contributed by atoms with Crippen molar-refractivity contribution in [2.45, 2.75) is 31.7 Å². The van der Waals surface area contributed by atoms with Gasteiger partial charge in [0.1, 0.15) is 6.04 Å². The second-order valence-corrected chi connectivity index (χ2v) is 8.09. The molecule has 0 spiro atoms. The largest absolute Gasteiger partial charge is 0.379 e. The molecule has 1 aromatic heterocycles. The van der Waals surface area contributed by atoms with Gasteiger partial charge in [-0.1, -0.05) is 6.07 Å². The van der Waals surface area contributed by atoms with Crippen LogP contribution in [0.3, 0.4) is 0 Å². The summed E-state index contributed by atoms with van der Waals surface area (Å²) in [6.45, 7) is 7.11. The highest BCUT2D eigenvalue weighted by atomic mass is 35.5. The maximum absolute atomic E-state index is 13.5. The van der Waals surface area contributed by atoms with Crippen LogP contribution < -0.4 is 5.32 Å². The van der Waals surface area contributed by atoms with Crippen LogP contribution in [-0.4, -0.2) is 73.2 Å². The first-order chi connectivity index (χ1) is 13.3. The van der Waals surface area contributed by atoms with Gasteiger partial charge >= 0.3 is 0 Å². The third-order valence-corrected chi connectivity index (χ3v) is 6.55. The minimum absolute atomic E-state index is 0. The molecule has 29 heavy (non-hydrogen) atoms. The van der Waals surface area contributed by atoms with Crippen LogP contribution in [0.2, 0.25) is 0 Å². The number of amides is 1. The van der Waals surface area contributed by atoms with Crippen molar-refractivity contribution in [3.05, 3.63) is 30.1 Å². The normalized spacial score (nSPS) is 23.0. The first kappa shape index (κ1) is 24.4. The van der Waals surface area contributed by atoms with Gasteiger partial charge in [-0.2, -0.15) is 0 Å². The van der Waals surface area contributed by atoms with Crippen molar-refractivity contribution >= 4 is 30.7 Å².